The molecule has 0 unspecified atom stereocenters. The first-order valence-corrected chi connectivity index (χ1v) is 8.59. The van der Waals surface area contributed by atoms with Gasteiger partial charge in [-0.05, 0) is 16.8 Å². The van der Waals surface area contributed by atoms with E-state index in [-0.39, 0.29) is 11.5 Å². The number of aryl methyl sites for hydroxylation is 1. The number of anilines is 1. The summed E-state index contributed by atoms with van der Waals surface area (Å²) in [4.78, 5) is 11.5. The molecule has 4 rings (SSSR count). The Hall–Kier alpha value is -2.69. The van der Waals surface area contributed by atoms with Crippen molar-refractivity contribution in [2.75, 3.05) is 18.0 Å². The molecule has 1 atom stereocenters. The smallest absolute Gasteiger partial charge is 0.184 e. The molecule has 0 saturated carbocycles. The maximum atomic E-state index is 9.92. The lowest BCUT2D eigenvalue weighted by atomic mass is 9.96. The van der Waals surface area contributed by atoms with Gasteiger partial charge in [-0.2, -0.15) is 0 Å². The second kappa shape index (κ2) is 5.94. The lowest BCUT2D eigenvalue weighted by molar-refractivity contribution is 0.198. The third-order valence-corrected chi connectivity index (χ3v) is 4.48. The highest BCUT2D eigenvalue weighted by Gasteiger charge is 2.29. The summed E-state index contributed by atoms with van der Waals surface area (Å²) in [5.74, 6) is 2.09. The van der Waals surface area contributed by atoms with Crippen LogP contribution in [0.3, 0.4) is 0 Å². The van der Waals surface area contributed by atoms with Gasteiger partial charge in [-0.3, -0.25) is 0 Å². The topological polar surface area (TPSA) is 124 Å². The third-order valence-electron chi connectivity index (χ3n) is 4.48. The number of rotatable bonds is 3. The Bertz CT molecular complexity index is 940. The van der Waals surface area contributed by atoms with Gasteiger partial charge in [-0.25, -0.2) is 19.3 Å². The van der Waals surface area contributed by atoms with E-state index in [1.807, 2.05) is 4.90 Å². The molecule has 0 radical (unpaired) electrons. The number of β-amino-alcohol motifs (C(OH)–C–C–N with tert-alkyl or cyclic N) is 1. The predicted octanol–water partition coefficient (Wildman–Crippen LogP) is -0.338. The van der Waals surface area contributed by atoms with Gasteiger partial charge in [-0.15, -0.1) is 10.2 Å². The molecule has 1 fully saturated rings. The average molecular weight is 358 g/mol. The monoisotopic (exact) mass is 358 g/mol. The number of aliphatic hydroxyl groups is 1. The zero-order valence-corrected chi connectivity index (χ0v) is 15.3. The highest BCUT2D eigenvalue weighted by atomic mass is 16.3. The van der Waals surface area contributed by atoms with Crippen molar-refractivity contribution in [3.63, 3.8) is 0 Å². The fourth-order valence-corrected chi connectivity index (χ4v) is 2.95. The van der Waals surface area contributed by atoms with Gasteiger partial charge < -0.3 is 10.0 Å². The van der Waals surface area contributed by atoms with Gasteiger partial charge in [0.2, 0.25) is 0 Å². The third kappa shape index (κ3) is 2.87. The summed E-state index contributed by atoms with van der Waals surface area (Å²) in [5, 5.41) is 30.0. The fourth-order valence-electron chi connectivity index (χ4n) is 2.95. The van der Waals surface area contributed by atoms with E-state index < -0.39 is 0 Å². The van der Waals surface area contributed by atoms with Crippen molar-refractivity contribution < 1.29 is 5.11 Å². The van der Waals surface area contributed by atoms with Gasteiger partial charge >= 0.3 is 0 Å². The quantitative estimate of drug-likeness (QED) is 0.669. The summed E-state index contributed by atoms with van der Waals surface area (Å²) in [5.41, 5.74) is 1.04. The lowest BCUT2D eigenvalue weighted by Crippen LogP contribution is -2.25. The number of aromatic nitrogens is 9. The zero-order valence-electron chi connectivity index (χ0n) is 15.3. The molecule has 1 saturated heterocycles. The number of hydrogen-bond acceptors (Lipinski definition) is 9. The summed E-state index contributed by atoms with van der Waals surface area (Å²) in [6.45, 7) is 7.84. The van der Waals surface area contributed by atoms with Crippen molar-refractivity contribution in [3.05, 3.63) is 11.6 Å². The van der Waals surface area contributed by atoms with Gasteiger partial charge in [-0.1, -0.05) is 26.0 Å². The van der Waals surface area contributed by atoms with Crippen molar-refractivity contribution in [3.8, 4) is 0 Å². The van der Waals surface area contributed by atoms with Gasteiger partial charge in [0, 0.05) is 25.6 Å². The van der Waals surface area contributed by atoms with Crippen LogP contribution in [0.25, 0.3) is 11.2 Å². The molecule has 0 spiro atoms. The van der Waals surface area contributed by atoms with Crippen LogP contribution in [0.1, 0.15) is 38.8 Å². The van der Waals surface area contributed by atoms with E-state index in [4.69, 9.17) is 9.97 Å². The molecule has 1 N–H and O–H groups in total. The Morgan fingerprint density at radius 3 is 2.58 bits per heavy atom. The van der Waals surface area contributed by atoms with E-state index in [0.717, 1.165) is 18.8 Å². The van der Waals surface area contributed by atoms with E-state index in [2.05, 4.69) is 46.6 Å². The second-order valence-electron chi connectivity index (χ2n) is 7.65. The first-order chi connectivity index (χ1) is 12.3. The molecule has 0 bridgehead atoms. The number of fused-ring (bicyclic) bond motifs is 1. The molecule has 3 aromatic heterocycles. The largest absolute Gasteiger partial charge is 0.391 e. The van der Waals surface area contributed by atoms with E-state index in [1.54, 1.807) is 16.4 Å². The first kappa shape index (κ1) is 16.8. The van der Waals surface area contributed by atoms with E-state index >= 15 is 0 Å². The van der Waals surface area contributed by atoms with Crippen LogP contribution in [0.4, 0.5) is 5.82 Å². The predicted molar refractivity (Wildman–Crippen MR) is 92.6 cm³/mol. The van der Waals surface area contributed by atoms with Crippen LogP contribution in [0.2, 0.25) is 0 Å². The van der Waals surface area contributed by atoms with Gasteiger partial charge in [0.15, 0.2) is 22.8 Å². The van der Waals surface area contributed by atoms with Gasteiger partial charge in [0.1, 0.15) is 12.4 Å². The van der Waals surface area contributed by atoms with Crippen molar-refractivity contribution in [2.24, 2.45) is 7.05 Å². The lowest BCUT2D eigenvalue weighted by Gasteiger charge is -2.21. The summed E-state index contributed by atoms with van der Waals surface area (Å²) < 4.78 is 3.28. The van der Waals surface area contributed by atoms with E-state index in [9.17, 15) is 5.11 Å². The summed E-state index contributed by atoms with van der Waals surface area (Å²) in [6, 6.07) is 0. The van der Waals surface area contributed by atoms with Crippen LogP contribution < -0.4 is 4.90 Å². The summed E-state index contributed by atoms with van der Waals surface area (Å²) in [7, 11) is 1.78. The molecule has 3 aromatic rings. The molecule has 0 amide bonds. The van der Waals surface area contributed by atoms with Crippen molar-refractivity contribution in [1.82, 2.24) is 45.2 Å². The van der Waals surface area contributed by atoms with Gasteiger partial charge in [0.05, 0.1) is 6.10 Å². The molecular weight excluding hydrogens is 336 g/mol. The minimum Gasteiger partial charge on any atom is -0.391 e. The fraction of sp³-hybridized carbons (Fsp3) is 0.667. The van der Waals surface area contributed by atoms with Crippen LogP contribution >= 0.6 is 0 Å². The SMILES string of the molecule is Cn1nnnc1Cn1nnc2c(N3CC[C@H](O)C3)nc(C(C)(C)C)nc21. The minimum atomic E-state index is -0.349. The van der Waals surface area contributed by atoms with Crippen molar-refractivity contribution >= 4 is 17.0 Å². The number of nitrogens with zero attached hydrogens (tertiary/aromatic N) is 10. The Labute approximate surface area is 150 Å². The van der Waals surface area contributed by atoms with Crippen LogP contribution in [0, 0.1) is 0 Å². The van der Waals surface area contributed by atoms with E-state index in [1.165, 1.54) is 0 Å². The molecular formula is C15H22N10O. The van der Waals surface area contributed by atoms with Crippen LogP contribution in [-0.4, -0.2) is 69.5 Å². The average Bonchev–Trinajstić information content (AvgIpc) is 3.28. The molecule has 0 aromatic carbocycles. The first-order valence-electron chi connectivity index (χ1n) is 8.59. The molecule has 0 aliphatic carbocycles. The number of hydrogen-bond donors (Lipinski definition) is 1. The summed E-state index contributed by atoms with van der Waals surface area (Å²) >= 11 is 0. The zero-order chi connectivity index (χ0) is 18.5. The maximum absolute atomic E-state index is 9.92. The molecule has 1 aliphatic heterocycles. The van der Waals surface area contributed by atoms with Crippen molar-refractivity contribution in [1.29, 1.82) is 0 Å². The molecule has 4 heterocycles. The maximum Gasteiger partial charge on any atom is 0.184 e. The van der Waals surface area contributed by atoms with Crippen molar-refractivity contribution in [2.45, 2.75) is 45.3 Å². The molecule has 138 valence electrons. The molecule has 11 nitrogen and oxygen atoms in total. The Kier molecular flexibility index (Phi) is 3.83. The minimum absolute atomic E-state index is 0.233. The second-order valence-corrected chi connectivity index (χ2v) is 7.65. The number of tetrazole rings is 1. The highest BCUT2D eigenvalue weighted by molar-refractivity contribution is 5.83. The molecule has 26 heavy (non-hydrogen) atoms. The van der Waals surface area contributed by atoms with E-state index in [0.29, 0.717) is 35.9 Å². The Morgan fingerprint density at radius 1 is 1.15 bits per heavy atom. The molecule has 1 aliphatic rings. The highest BCUT2D eigenvalue weighted by Crippen LogP contribution is 2.29. The Balaban J connectivity index is 1.84. The normalized spacial score (nSPS) is 18.2. The molecule has 11 heteroatoms. The van der Waals surface area contributed by atoms with Gasteiger partial charge in [0.25, 0.3) is 0 Å². The van der Waals surface area contributed by atoms with Crippen LogP contribution in [-0.2, 0) is 19.0 Å². The standard InChI is InChI=1S/C15H22N10O/c1-15(2,3)14-16-12(24-6-5-9(26)7-24)11-13(17-14)25(21-19-11)8-10-18-20-22-23(10)4/h9,26H,5-8H2,1-4H3/t9-/m0/s1. The van der Waals surface area contributed by atoms with Crippen LogP contribution in [0.15, 0.2) is 0 Å². The number of aliphatic hydroxyl groups excluding tert-OH is 1. The Morgan fingerprint density at radius 2 is 1.96 bits per heavy atom. The van der Waals surface area contributed by atoms with Crippen LogP contribution in [0.5, 0.6) is 0 Å². The summed E-state index contributed by atoms with van der Waals surface area (Å²) in [6.07, 6.45) is 0.368.